The molecule has 0 aromatic heterocycles. The second-order valence-corrected chi connectivity index (χ2v) is 4.90. The third kappa shape index (κ3) is 1.84. The van der Waals surface area contributed by atoms with Gasteiger partial charge in [-0.3, -0.25) is 0 Å². The lowest BCUT2D eigenvalue weighted by molar-refractivity contribution is 0.606. The summed E-state index contributed by atoms with van der Waals surface area (Å²) in [6, 6.07) is 8.88. The first-order valence-corrected chi connectivity index (χ1v) is 6.43. The van der Waals surface area contributed by atoms with Gasteiger partial charge in [0.1, 0.15) is 0 Å². The number of nitriles is 1. The summed E-state index contributed by atoms with van der Waals surface area (Å²) in [7, 11) is 0. The normalized spacial score (nSPS) is 19.6. The second kappa shape index (κ2) is 4.29. The van der Waals surface area contributed by atoms with Crippen LogP contribution in [0.4, 0.5) is 11.4 Å². The number of nitrogens with one attached hydrogen (secondary N) is 1. The molecule has 0 atom stereocenters. The van der Waals surface area contributed by atoms with Crippen LogP contribution in [0.5, 0.6) is 0 Å². The van der Waals surface area contributed by atoms with Gasteiger partial charge in [-0.05, 0) is 31.0 Å². The topological polar surface area (TPSA) is 39.1 Å². The Labute approximate surface area is 102 Å². The predicted octanol–water partition coefficient (Wildman–Crippen LogP) is 2.73. The molecule has 1 N–H and O–H groups in total. The van der Waals surface area contributed by atoms with E-state index in [-0.39, 0.29) is 0 Å². The van der Waals surface area contributed by atoms with Crippen molar-refractivity contribution in [2.75, 3.05) is 23.3 Å². The molecule has 0 spiro atoms. The van der Waals surface area contributed by atoms with Gasteiger partial charge < -0.3 is 10.2 Å². The zero-order valence-electron chi connectivity index (χ0n) is 9.95. The van der Waals surface area contributed by atoms with Gasteiger partial charge in [-0.25, -0.2) is 0 Å². The van der Waals surface area contributed by atoms with Crippen molar-refractivity contribution < 1.29 is 0 Å². The average Bonchev–Trinajstić information content (AvgIpc) is 2.91. The highest BCUT2D eigenvalue weighted by Crippen LogP contribution is 2.35. The van der Waals surface area contributed by atoms with Crippen LogP contribution in [0.25, 0.3) is 0 Å². The highest BCUT2D eigenvalue weighted by molar-refractivity contribution is 5.74. The Morgan fingerprint density at radius 1 is 1.29 bits per heavy atom. The fourth-order valence-corrected chi connectivity index (χ4v) is 3.01. The number of hydrogen-bond donors (Lipinski definition) is 1. The maximum Gasteiger partial charge on any atom is 0.0992 e. The highest BCUT2D eigenvalue weighted by atomic mass is 15.2. The number of rotatable bonds is 1. The molecule has 0 amide bonds. The molecule has 88 valence electrons. The molecule has 0 radical (unpaired) electrons. The molecule has 3 heteroatoms. The van der Waals surface area contributed by atoms with Crippen LogP contribution in [0.3, 0.4) is 0 Å². The number of benzene rings is 1. The summed E-state index contributed by atoms with van der Waals surface area (Å²) < 4.78 is 0. The summed E-state index contributed by atoms with van der Waals surface area (Å²) in [6.07, 6.45) is 5.30. The lowest BCUT2D eigenvalue weighted by Crippen LogP contribution is -2.40. The maximum atomic E-state index is 9.00. The molecule has 1 saturated carbocycles. The van der Waals surface area contributed by atoms with Crippen LogP contribution in [-0.4, -0.2) is 19.1 Å². The summed E-state index contributed by atoms with van der Waals surface area (Å²) >= 11 is 0. The van der Waals surface area contributed by atoms with Crippen LogP contribution in [-0.2, 0) is 0 Å². The Kier molecular flexibility index (Phi) is 2.64. The Balaban J connectivity index is 1.97. The largest absolute Gasteiger partial charge is 0.382 e. The summed E-state index contributed by atoms with van der Waals surface area (Å²) in [5.74, 6) is 0. The molecule has 3 nitrogen and oxygen atoms in total. The summed E-state index contributed by atoms with van der Waals surface area (Å²) in [5.41, 5.74) is 3.17. The predicted molar refractivity (Wildman–Crippen MR) is 69.2 cm³/mol. The second-order valence-electron chi connectivity index (χ2n) is 4.90. The SMILES string of the molecule is N#Cc1ccc2c(c1)N(C1CCCC1)CCN2. The molecule has 17 heavy (non-hydrogen) atoms. The monoisotopic (exact) mass is 227 g/mol. The van der Waals surface area contributed by atoms with Crippen molar-refractivity contribution in [2.24, 2.45) is 0 Å². The van der Waals surface area contributed by atoms with Gasteiger partial charge in [0.25, 0.3) is 0 Å². The minimum absolute atomic E-state index is 0.685. The van der Waals surface area contributed by atoms with Crippen LogP contribution in [0.15, 0.2) is 18.2 Å². The van der Waals surface area contributed by atoms with E-state index in [0.717, 1.165) is 18.7 Å². The quantitative estimate of drug-likeness (QED) is 0.801. The van der Waals surface area contributed by atoms with Crippen molar-refractivity contribution in [3.63, 3.8) is 0 Å². The van der Waals surface area contributed by atoms with Gasteiger partial charge in [-0.2, -0.15) is 5.26 Å². The van der Waals surface area contributed by atoms with Crippen molar-refractivity contribution in [3.05, 3.63) is 23.8 Å². The zero-order chi connectivity index (χ0) is 11.7. The Hall–Kier alpha value is -1.69. The number of anilines is 2. The Bertz CT molecular complexity index is 455. The van der Waals surface area contributed by atoms with E-state index in [4.69, 9.17) is 5.26 Å². The van der Waals surface area contributed by atoms with E-state index in [1.807, 2.05) is 18.2 Å². The third-order valence-electron chi connectivity index (χ3n) is 3.87. The molecule has 0 bridgehead atoms. The van der Waals surface area contributed by atoms with Gasteiger partial charge in [0.05, 0.1) is 23.0 Å². The lowest BCUT2D eigenvalue weighted by atomic mass is 10.1. The number of fused-ring (bicyclic) bond motifs is 1. The van der Waals surface area contributed by atoms with Gasteiger partial charge in [-0.15, -0.1) is 0 Å². The average molecular weight is 227 g/mol. The van der Waals surface area contributed by atoms with E-state index >= 15 is 0 Å². The van der Waals surface area contributed by atoms with Gasteiger partial charge >= 0.3 is 0 Å². The lowest BCUT2D eigenvalue weighted by Gasteiger charge is -2.36. The molecule has 1 fully saturated rings. The zero-order valence-corrected chi connectivity index (χ0v) is 9.95. The van der Waals surface area contributed by atoms with Crippen molar-refractivity contribution in [1.82, 2.24) is 0 Å². The Morgan fingerprint density at radius 3 is 2.88 bits per heavy atom. The van der Waals surface area contributed by atoms with Crippen LogP contribution >= 0.6 is 0 Å². The Morgan fingerprint density at radius 2 is 2.12 bits per heavy atom. The summed E-state index contributed by atoms with van der Waals surface area (Å²) in [5, 5.41) is 12.4. The van der Waals surface area contributed by atoms with Crippen LogP contribution in [0.2, 0.25) is 0 Å². The van der Waals surface area contributed by atoms with Gasteiger partial charge in [-0.1, -0.05) is 12.8 Å². The minimum Gasteiger partial charge on any atom is -0.382 e. The highest BCUT2D eigenvalue weighted by Gasteiger charge is 2.26. The molecule has 1 aromatic carbocycles. The standard InChI is InChI=1S/C14H17N3/c15-10-11-5-6-13-14(9-11)17(8-7-16-13)12-3-1-2-4-12/h5-6,9,12,16H,1-4,7-8H2. The molecule has 1 aromatic rings. The van der Waals surface area contributed by atoms with Crippen LogP contribution in [0.1, 0.15) is 31.2 Å². The van der Waals surface area contributed by atoms with Crippen molar-refractivity contribution in [2.45, 2.75) is 31.7 Å². The van der Waals surface area contributed by atoms with Crippen LogP contribution < -0.4 is 10.2 Å². The minimum atomic E-state index is 0.685. The van der Waals surface area contributed by atoms with Gasteiger partial charge in [0.15, 0.2) is 0 Å². The summed E-state index contributed by atoms with van der Waals surface area (Å²) in [6.45, 7) is 2.07. The molecule has 2 aliphatic rings. The molecular formula is C14H17N3. The summed E-state index contributed by atoms with van der Waals surface area (Å²) in [4.78, 5) is 2.50. The molecule has 1 aliphatic carbocycles. The molecular weight excluding hydrogens is 210 g/mol. The third-order valence-corrected chi connectivity index (χ3v) is 3.87. The van der Waals surface area contributed by atoms with Crippen LogP contribution in [0, 0.1) is 11.3 Å². The van der Waals surface area contributed by atoms with Crippen molar-refractivity contribution >= 4 is 11.4 Å². The van der Waals surface area contributed by atoms with E-state index in [9.17, 15) is 0 Å². The van der Waals surface area contributed by atoms with E-state index in [1.54, 1.807) is 0 Å². The molecule has 1 aliphatic heterocycles. The van der Waals surface area contributed by atoms with E-state index < -0.39 is 0 Å². The molecule has 0 saturated heterocycles. The smallest absolute Gasteiger partial charge is 0.0992 e. The van der Waals surface area contributed by atoms with Crippen molar-refractivity contribution in [3.8, 4) is 6.07 Å². The maximum absolute atomic E-state index is 9.00. The van der Waals surface area contributed by atoms with Gasteiger partial charge in [0.2, 0.25) is 0 Å². The van der Waals surface area contributed by atoms with E-state index in [1.165, 1.54) is 37.1 Å². The molecule has 3 rings (SSSR count). The van der Waals surface area contributed by atoms with Crippen molar-refractivity contribution in [1.29, 1.82) is 5.26 Å². The van der Waals surface area contributed by atoms with E-state index in [2.05, 4.69) is 16.3 Å². The molecule has 0 unspecified atom stereocenters. The first-order chi connectivity index (χ1) is 8.38. The fourth-order valence-electron chi connectivity index (χ4n) is 3.01. The van der Waals surface area contributed by atoms with Gasteiger partial charge in [0, 0.05) is 19.1 Å². The number of nitrogens with zero attached hydrogens (tertiary/aromatic N) is 2. The first kappa shape index (κ1) is 10.5. The van der Waals surface area contributed by atoms with E-state index in [0.29, 0.717) is 6.04 Å². The fraction of sp³-hybridized carbons (Fsp3) is 0.500. The first-order valence-electron chi connectivity index (χ1n) is 6.43. The number of hydrogen-bond acceptors (Lipinski definition) is 3. The molecule has 1 heterocycles.